The molecule has 69 heavy (non-hydrogen) atoms. The molecule has 2 heterocycles. The van der Waals surface area contributed by atoms with E-state index < -0.39 is 64.1 Å². The van der Waals surface area contributed by atoms with Crippen molar-refractivity contribution in [3.8, 4) is 11.5 Å². The second-order valence-electron chi connectivity index (χ2n) is 18.2. The monoisotopic (exact) mass is 952 g/mol. The van der Waals surface area contributed by atoms with Gasteiger partial charge in [0.05, 0.1) is 11.7 Å². The lowest BCUT2D eigenvalue weighted by molar-refractivity contribution is -0.169. The van der Waals surface area contributed by atoms with E-state index in [1.165, 1.54) is 57.2 Å². The van der Waals surface area contributed by atoms with Gasteiger partial charge in [-0.15, -0.1) is 0 Å². The zero-order chi connectivity index (χ0) is 50.5. The number of fused-ring (bicyclic) bond motifs is 1. The molecule has 370 valence electrons. The van der Waals surface area contributed by atoms with Gasteiger partial charge in [-0.1, -0.05) is 62.8 Å². The fourth-order valence-corrected chi connectivity index (χ4v) is 8.43. The van der Waals surface area contributed by atoms with Crippen LogP contribution in [-0.2, 0) is 52.5 Å². The zero-order valence-corrected chi connectivity index (χ0v) is 40.4. The average molecular weight is 953 g/mol. The molecule has 4 atom stereocenters. The van der Waals surface area contributed by atoms with Crippen molar-refractivity contribution in [3.05, 3.63) is 118 Å². The SMILES string of the molecule is CC(=O)O[C@@H](C)CC1=CC2=C(CO1)C(=O)[C@](C)(OC(=O)CCCCCCC/C=C\CCCCCC[C@@H](C)O)C(=O)C2=CC=CC1=CC2=CC(=O)[C@](C)(OC(=O)c3c(C)cc(O)cc3O)C(=O)C2=CO1. The Kier molecular flexibility index (Phi) is 18.6. The Morgan fingerprint density at radius 1 is 0.826 bits per heavy atom. The van der Waals surface area contributed by atoms with Crippen LogP contribution in [0, 0.1) is 6.92 Å². The van der Waals surface area contributed by atoms with Gasteiger partial charge >= 0.3 is 17.9 Å². The zero-order valence-electron chi connectivity index (χ0n) is 40.4. The number of ether oxygens (including phenoxy) is 5. The van der Waals surface area contributed by atoms with Crippen LogP contribution in [0.4, 0.5) is 0 Å². The molecule has 0 spiro atoms. The highest BCUT2D eigenvalue weighted by Gasteiger charge is 2.53. The molecule has 1 aromatic carbocycles. The molecule has 5 rings (SSSR count). The number of esters is 3. The summed E-state index contributed by atoms with van der Waals surface area (Å²) in [7, 11) is 0. The fourth-order valence-electron chi connectivity index (χ4n) is 8.43. The van der Waals surface area contributed by atoms with E-state index in [1.807, 2.05) is 6.92 Å². The van der Waals surface area contributed by atoms with E-state index in [1.54, 1.807) is 6.92 Å². The number of rotatable bonds is 23. The van der Waals surface area contributed by atoms with E-state index in [0.717, 1.165) is 96.0 Å². The molecule has 15 heteroatoms. The van der Waals surface area contributed by atoms with Crippen LogP contribution in [0.1, 0.15) is 140 Å². The summed E-state index contributed by atoms with van der Waals surface area (Å²) >= 11 is 0. The van der Waals surface area contributed by atoms with E-state index >= 15 is 0 Å². The van der Waals surface area contributed by atoms with Crippen LogP contribution in [0.3, 0.4) is 0 Å². The third-order valence-electron chi connectivity index (χ3n) is 12.2. The standard InChI is InChI=1S/C54H64O15/c1-33-25-38(57)29-45(58)48(33)52(64)69-53(5)46(59)28-37-27-39(65-31-43(37)50(53)62)22-20-23-41-42-30-40(26-35(3)67-36(4)56)66-32-44(42)51(63)54(6,49(41)61)68-47(60)24-19-17-15-13-11-9-7-8-10-12-14-16-18-21-34(2)55/h7-8,20,22-23,25,27-31,34-35,55,57-58H,9-19,21,24,26,32H2,1-6H3/b8-7-,22-20?,41-23?/t34-,35+,53+,54-/m1/s1. The number of unbranched alkanes of at least 4 members (excludes halogenated alkanes) is 9. The van der Waals surface area contributed by atoms with E-state index in [4.69, 9.17) is 23.7 Å². The molecule has 15 nitrogen and oxygen atoms in total. The smallest absolute Gasteiger partial charge is 0.343 e. The van der Waals surface area contributed by atoms with Gasteiger partial charge in [0, 0.05) is 37.0 Å². The van der Waals surface area contributed by atoms with Crippen LogP contribution in [0.15, 0.2) is 106 Å². The second kappa shape index (κ2) is 24.1. The van der Waals surface area contributed by atoms with E-state index in [0.29, 0.717) is 12.2 Å². The number of allylic oxidation sites excluding steroid dienone is 9. The first kappa shape index (κ1) is 53.3. The molecule has 0 amide bonds. The van der Waals surface area contributed by atoms with Crippen LogP contribution in [0.25, 0.3) is 0 Å². The number of hydrogen-bond acceptors (Lipinski definition) is 15. The van der Waals surface area contributed by atoms with Gasteiger partial charge in [0.1, 0.15) is 47.6 Å². The first-order valence-electron chi connectivity index (χ1n) is 23.7. The number of phenols is 2. The summed E-state index contributed by atoms with van der Waals surface area (Å²) in [5, 5.41) is 29.4. The molecule has 2 aliphatic carbocycles. The van der Waals surface area contributed by atoms with E-state index in [2.05, 4.69) is 12.2 Å². The topological polar surface area (TPSA) is 226 Å². The molecule has 0 fully saturated rings. The molecule has 0 saturated carbocycles. The fraction of sp³-hybridized carbons (Fsp3) is 0.463. The van der Waals surface area contributed by atoms with Gasteiger partial charge < -0.3 is 39.0 Å². The summed E-state index contributed by atoms with van der Waals surface area (Å²) < 4.78 is 28.0. The number of ketones is 4. The maximum absolute atomic E-state index is 14.4. The largest absolute Gasteiger partial charge is 0.508 e. The van der Waals surface area contributed by atoms with Crippen LogP contribution < -0.4 is 0 Å². The first-order valence-corrected chi connectivity index (χ1v) is 23.7. The molecule has 0 bridgehead atoms. The van der Waals surface area contributed by atoms with Crippen molar-refractivity contribution in [3.63, 3.8) is 0 Å². The third-order valence-corrected chi connectivity index (χ3v) is 12.2. The van der Waals surface area contributed by atoms with Crippen molar-refractivity contribution in [2.75, 3.05) is 6.61 Å². The van der Waals surface area contributed by atoms with Gasteiger partial charge in [0.15, 0.2) is 0 Å². The molecular weight excluding hydrogens is 889 g/mol. The Hall–Kier alpha value is -6.61. The maximum atomic E-state index is 14.4. The van der Waals surface area contributed by atoms with Gasteiger partial charge in [-0.25, -0.2) is 4.79 Å². The molecule has 2 aliphatic heterocycles. The number of carbonyl (C=O) groups is 7. The van der Waals surface area contributed by atoms with Crippen molar-refractivity contribution in [2.45, 2.75) is 155 Å². The number of hydrogen-bond donors (Lipinski definition) is 3. The number of carbonyl (C=O) groups excluding carboxylic acids is 7. The lowest BCUT2D eigenvalue weighted by Crippen LogP contribution is -2.53. The van der Waals surface area contributed by atoms with Gasteiger partial charge in [-0.05, 0) is 120 Å². The van der Waals surface area contributed by atoms with Gasteiger partial charge in [-0.2, -0.15) is 0 Å². The van der Waals surface area contributed by atoms with Crippen LogP contribution >= 0.6 is 0 Å². The van der Waals surface area contributed by atoms with Gasteiger partial charge in [0.25, 0.3) is 0 Å². The lowest BCUT2D eigenvalue weighted by Gasteiger charge is -2.35. The predicted octanol–water partition coefficient (Wildman–Crippen LogP) is 8.69. The van der Waals surface area contributed by atoms with Crippen molar-refractivity contribution in [1.29, 1.82) is 0 Å². The summed E-state index contributed by atoms with van der Waals surface area (Å²) in [6, 6.07) is 2.14. The number of aromatic hydroxyl groups is 2. The van der Waals surface area contributed by atoms with Crippen LogP contribution in [0.5, 0.6) is 11.5 Å². The van der Waals surface area contributed by atoms with E-state index in [-0.39, 0.29) is 76.1 Å². The molecule has 0 unspecified atom stereocenters. The summed E-state index contributed by atoms with van der Waals surface area (Å²) in [6.45, 7) is 8.37. The molecule has 4 aliphatic rings. The molecule has 0 radical (unpaired) electrons. The number of aryl methyl sites for hydroxylation is 1. The van der Waals surface area contributed by atoms with Gasteiger partial charge in [-0.3, -0.25) is 28.8 Å². The van der Waals surface area contributed by atoms with Crippen molar-refractivity contribution in [1.82, 2.24) is 0 Å². The highest BCUT2D eigenvalue weighted by atomic mass is 16.6. The average Bonchev–Trinajstić information content (AvgIpc) is 3.26. The predicted molar refractivity (Wildman–Crippen MR) is 253 cm³/mol. The summed E-state index contributed by atoms with van der Waals surface area (Å²) in [5.74, 6) is -5.97. The highest BCUT2D eigenvalue weighted by Crippen LogP contribution is 2.39. The minimum Gasteiger partial charge on any atom is -0.508 e. The van der Waals surface area contributed by atoms with Crippen LogP contribution in [0.2, 0.25) is 0 Å². The number of benzene rings is 1. The molecule has 0 saturated heterocycles. The van der Waals surface area contributed by atoms with Crippen molar-refractivity contribution in [2.24, 2.45) is 0 Å². The Morgan fingerprint density at radius 2 is 1.49 bits per heavy atom. The summed E-state index contributed by atoms with van der Waals surface area (Å²) in [5.41, 5.74) is -4.21. The minimum absolute atomic E-state index is 0.0117. The molecule has 3 N–H and O–H groups in total. The van der Waals surface area contributed by atoms with Crippen molar-refractivity contribution >= 4 is 41.0 Å². The number of aliphatic hydroxyl groups excluding tert-OH is 1. The minimum atomic E-state index is -2.30. The maximum Gasteiger partial charge on any atom is 0.343 e. The first-order chi connectivity index (χ1) is 32.7. The number of aliphatic hydroxyl groups is 1. The quantitative estimate of drug-likeness (QED) is 0.0233. The van der Waals surface area contributed by atoms with Crippen LogP contribution in [-0.4, -0.2) is 86.4 Å². The normalized spacial score (nSPS) is 21.7. The molecule has 1 aromatic rings. The molecular formula is C54H64O15. The lowest BCUT2D eigenvalue weighted by atomic mass is 9.75. The molecule has 0 aromatic heterocycles. The van der Waals surface area contributed by atoms with E-state index in [9.17, 15) is 48.9 Å². The summed E-state index contributed by atoms with van der Waals surface area (Å²) in [6.07, 6.45) is 24.9. The Balaban J connectivity index is 1.25. The number of phenolic OH excluding ortho intramolecular Hbond substituents is 2. The highest BCUT2D eigenvalue weighted by molar-refractivity contribution is 6.29. The Bertz CT molecular complexity index is 2430. The second-order valence-corrected chi connectivity index (χ2v) is 18.2. The third kappa shape index (κ3) is 13.8. The summed E-state index contributed by atoms with van der Waals surface area (Å²) in [4.78, 5) is 93.5. The number of Topliss-reactive ketones (excluding diaryl/α,β-unsaturated/α-hetero) is 3. The van der Waals surface area contributed by atoms with Gasteiger partial charge in [0.2, 0.25) is 34.3 Å². The van der Waals surface area contributed by atoms with Crippen molar-refractivity contribution < 1.29 is 72.6 Å². The Morgan fingerprint density at radius 3 is 2.16 bits per heavy atom. The Labute approximate surface area is 402 Å².